The summed E-state index contributed by atoms with van der Waals surface area (Å²) in [5, 5.41) is 10.6. The van der Waals surface area contributed by atoms with Crippen molar-refractivity contribution in [3.8, 4) is 0 Å². The number of likely N-dealkylation sites (tertiary alicyclic amines) is 1. The number of hydrogen-bond donors (Lipinski definition) is 2. The number of nitrogens with zero attached hydrogens (tertiary/aromatic N) is 4. The second-order valence-electron chi connectivity index (χ2n) is 7.48. The third-order valence-corrected chi connectivity index (χ3v) is 5.97. The zero-order valence-electron chi connectivity index (χ0n) is 14.3. The van der Waals surface area contributed by atoms with Gasteiger partial charge in [-0.05, 0) is 42.9 Å². The van der Waals surface area contributed by atoms with Crippen molar-refractivity contribution in [1.82, 2.24) is 24.4 Å². The van der Waals surface area contributed by atoms with Gasteiger partial charge in [0.1, 0.15) is 0 Å². The first-order valence-electron chi connectivity index (χ1n) is 9.07. The summed E-state index contributed by atoms with van der Waals surface area (Å²) >= 11 is 0. The van der Waals surface area contributed by atoms with Crippen LogP contribution in [0.25, 0.3) is 11.0 Å². The highest BCUT2D eigenvalue weighted by Crippen LogP contribution is 2.41. The van der Waals surface area contributed by atoms with Gasteiger partial charge in [0.15, 0.2) is 0 Å². The summed E-state index contributed by atoms with van der Waals surface area (Å²) in [5.41, 5.74) is 2.43. The van der Waals surface area contributed by atoms with Gasteiger partial charge in [-0.2, -0.15) is 0 Å². The molecule has 1 aliphatic carbocycles. The average molecular weight is 351 g/mol. The van der Waals surface area contributed by atoms with E-state index in [1.165, 1.54) is 0 Å². The fourth-order valence-electron chi connectivity index (χ4n) is 4.61. The van der Waals surface area contributed by atoms with Gasteiger partial charge in [-0.3, -0.25) is 4.79 Å². The number of aromatic nitrogens is 4. The van der Waals surface area contributed by atoms with Crippen LogP contribution in [0.4, 0.5) is 0 Å². The third-order valence-electron chi connectivity index (χ3n) is 5.97. The molecule has 134 valence electrons. The monoisotopic (exact) mass is 351 g/mol. The molecule has 3 heterocycles. The van der Waals surface area contributed by atoms with Crippen molar-refractivity contribution in [2.45, 2.75) is 25.0 Å². The summed E-state index contributed by atoms with van der Waals surface area (Å²) in [7, 11) is 0. The van der Waals surface area contributed by atoms with Crippen LogP contribution in [-0.4, -0.2) is 54.6 Å². The molecule has 2 fully saturated rings. The number of rotatable bonds is 2. The van der Waals surface area contributed by atoms with Gasteiger partial charge >= 0.3 is 0 Å². The van der Waals surface area contributed by atoms with Crippen LogP contribution in [-0.2, 0) is 0 Å². The Bertz CT molecular complexity index is 934. The summed E-state index contributed by atoms with van der Waals surface area (Å²) in [4.78, 5) is 26.3. The van der Waals surface area contributed by atoms with Crippen LogP contribution >= 0.6 is 0 Å². The number of imidazole rings is 2. The van der Waals surface area contributed by atoms with E-state index in [4.69, 9.17) is 0 Å². The van der Waals surface area contributed by atoms with Gasteiger partial charge in [0.05, 0.1) is 35.8 Å². The van der Waals surface area contributed by atoms with Crippen LogP contribution in [0.1, 0.15) is 29.2 Å². The highest BCUT2D eigenvalue weighted by Gasteiger charge is 2.43. The summed E-state index contributed by atoms with van der Waals surface area (Å²) < 4.78 is 2.00. The smallest absolute Gasteiger partial charge is 0.253 e. The molecule has 7 heteroatoms. The van der Waals surface area contributed by atoms with Crippen molar-refractivity contribution in [1.29, 1.82) is 0 Å². The number of aliphatic hydroxyl groups is 1. The quantitative estimate of drug-likeness (QED) is 0.738. The lowest BCUT2D eigenvalue weighted by atomic mass is 9.77. The normalized spacial score (nSPS) is 28.4. The van der Waals surface area contributed by atoms with E-state index in [-0.39, 0.29) is 18.1 Å². The maximum Gasteiger partial charge on any atom is 0.253 e. The highest BCUT2D eigenvalue weighted by molar-refractivity contribution is 5.97. The molecule has 1 amide bonds. The van der Waals surface area contributed by atoms with Crippen molar-refractivity contribution in [3.63, 3.8) is 0 Å². The number of aromatic amines is 1. The third kappa shape index (κ3) is 2.50. The van der Waals surface area contributed by atoms with E-state index in [1.807, 2.05) is 33.9 Å². The van der Waals surface area contributed by atoms with Crippen molar-refractivity contribution in [3.05, 3.63) is 48.8 Å². The number of benzene rings is 1. The topological polar surface area (TPSA) is 87.0 Å². The molecule has 0 unspecified atom stereocenters. The molecule has 2 aliphatic rings. The Morgan fingerprint density at radius 3 is 2.88 bits per heavy atom. The Hall–Kier alpha value is -2.67. The van der Waals surface area contributed by atoms with Crippen molar-refractivity contribution >= 4 is 16.9 Å². The van der Waals surface area contributed by atoms with Gasteiger partial charge in [0, 0.05) is 31.0 Å². The molecular weight excluding hydrogens is 330 g/mol. The minimum absolute atomic E-state index is 0.0511. The number of amides is 1. The minimum atomic E-state index is -0.387. The fourth-order valence-corrected chi connectivity index (χ4v) is 4.61. The second-order valence-corrected chi connectivity index (χ2v) is 7.48. The lowest BCUT2D eigenvalue weighted by molar-refractivity contribution is 0.0357. The lowest BCUT2D eigenvalue weighted by Gasteiger charge is -2.35. The molecule has 1 aromatic carbocycles. The van der Waals surface area contributed by atoms with E-state index in [9.17, 15) is 9.90 Å². The molecule has 1 saturated carbocycles. The maximum atomic E-state index is 13.0. The molecule has 0 radical (unpaired) electrons. The summed E-state index contributed by atoms with van der Waals surface area (Å²) in [5.74, 6) is 0.847. The Morgan fingerprint density at radius 1 is 1.23 bits per heavy atom. The van der Waals surface area contributed by atoms with Crippen molar-refractivity contribution in [2.24, 2.45) is 11.8 Å². The van der Waals surface area contributed by atoms with Crippen molar-refractivity contribution < 1.29 is 9.90 Å². The van der Waals surface area contributed by atoms with Gasteiger partial charge in [-0.1, -0.05) is 0 Å². The fraction of sp³-hybridized carbons (Fsp3) is 0.421. The standard InChI is InChI=1S/C19H21N5O2/c25-18-7-14-9-24(8-13(14)6-17(18)23-4-3-20-11-23)19(26)12-1-2-15-16(5-12)22-10-21-15/h1-5,10-11,13-14,17-18,25H,6-9H2,(H,21,22)/t13-,14+,17-,18-/m1/s1. The summed E-state index contributed by atoms with van der Waals surface area (Å²) in [6.45, 7) is 1.47. The van der Waals surface area contributed by atoms with Gasteiger partial charge in [0.2, 0.25) is 0 Å². The van der Waals surface area contributed by atoms with E-state index >= 15 is 0 Å². The molecule has 1 saturated heterocycles. The predicted octanol–water partition coefficient (Wildman–Crippen LogP) is 1.84. The first kappa shape index (κ1) is 15.6. The number of fused-ring (bicyclic) bond motifs is 2. The van der Waals surface area contributed by atoms with E-state index in [0.29, 0.717) is 17.4 Å². The van der Waals surface area contributed by atoms with Crippen LogP contribution in [0.2, 0.25) is 0 Å². The minimum Gasteiger partial charge on any atom is -0.391 e. The molecular formula is C19H21N5O2. The Morgan fingerprint density at radius 2 is 2.08 bits per heavy atom. The van der Waals surface area contributed by atoms with E-state index in [1.54, 1.807) is 18.9 Å². The first-order chi connectivity index (χ1) is 12.7. The molecule has 2 aromatic heterocycles. The molecule has 2 N–H and O–H groups in total. The van der Waals surface area contributed by atoms with Crippen LogP contribution in [0, 0.1) is 11.8 Å². The molecule has 0 bridgehead atoms. The Balaban J connectivity index is 1.34. The number of hydrogen-bond acceptors (Lipinski definition) is 4. The maximum absolute atomic E-state index is 13.0. The molecule has 26 heavy (non-hydrogen) atoms. The predicted molar refractivity (Wildman–Crippen MR) is 95.5 cm³/mol. The van der Waals surface area contributed by atoms with Gasteiger partial charge in [0.25, 0.3) is 5.91 Å². The van der Waals surface area contributed by atoms with Crippen LogP contribution in [0.5, 0.6) is 0 Å². The van der Waals surface area contributed by atoms with Crippen LogP contribution in [0.15, 0.2) is 43.2 Å². The molecule has 0 spiro atoms. The molecule has 3 aromatic rings. The number of nitrogens with one attached hydrogen (secondary N) is 1. The van der Waals surface area contributed by atoms with Gasteiger partial charge in [-0.15, -0.1) is 0 Å². The SMILES string of the molecule is O=C(c1ccc2nc[nH]c2c1)N1C[C@H]2C[C@@H](n3ccnc3)[C@H](O)C[C@H]2C1. The molecule has 5 rings (SSSR count). The number of carbonyl (C=O) groups is 1. The average Bonchev–Trinajstić information content (AvgIpc) is 3.38. The van der Waals surface area contributed by atoms with Gasteiger partial charge in [-0.25, -0.2) is 9.97 Å². The molecule has 4 atom stereocenters. The Kier molecular flexibility index (Phi) is 3.56. The van der Waals surface area contributed by atoms with Crippen molar-refractivity contribution in [2.75, 3.05) is 13.1 Å². The summed E-state index contributed by atoms with van der Waals surface area (Å²) in [6.07, 6.45) is 8.29. The number of aliphatic hydroxyl groups excluding tert-OH is 1. The summed E-state index contributed by atoms with van der Waals surface area (Å²) in [6, 6.07) is 5.64. The number of H-pyrrole nitrogens is 1. The molecule has 7 nitrogen and oxygen atoms in total. The second kappa shape index (κ2) is 5.95. The zero-order valence-corrected chi connectivity index (χ0v) is 14.3. The first-order valence-corrected chi connectivity index (χ1v) is 9.07. The largest absolute Gasteiger partial charge is 0.391 e. The van der Waals surface area contributed by atoms with Gasteiger partial charge < -0.3 is 19.6 Å². The van der Waals surface area contributed by atoms with E-state index in [2.05, 4.69) is 15.0 Å². The molecule has 1 aliphatic heterocycles. The van der Waals surface area contributed by atoms with Crippen LogP contribution in [0.3, 0.4) is 0 Å². The lowest BCUT2D eigenvalue weighted by Crippen LogP contribution is -2.35. The van der Waals surface area contributed by atoms with E-state index in [0.717, 1.165) is 37.0 Å². The Labute approximate surface area is 150 Å². The highest BCUT2D eigenvalue weighted by atomic mass is 16.3. The zero-order chi connectivity index (χ0) is 17.7. The van der Waals surface area contributed by atoms with Crippen LogP contribution < -0.4 is 0 Å². The van der Waals surface area contributed by atoms with E-state index < -0.39 is 0 Å². The number of carbonyl (C=O) groups excluding carboxylic acids is 1.